The zero-order chi connectivity index (χ0) is 20.0. The Bertz CT molecular complexity index is 1000. The van der Waals surface area contributed by atoms with Crippen molar-refractivity contribution in [1.82, 2.24) is 14.9 Å². The number of likely N-dealkylation sites (tertiary alicyclic amines) is 1. The van der Waals surface area contributed by atoms with E-state index in [-0.39, 0.29) is 0 Å². The highest BCUT2D eigenvalue weighted by Gasteiger charge is 2.28. The van der Waals surface area contributed by atoms with E-state index in [0.29, 0.717) is 11.8 Å². The number of hydrogen-bond donors (Lipinski definition) is 1. The molecule has 1 N–H and O–H groups in total. The fourth-order valence-electron chi connectivity index (χ4n) is 5.13. The molecule has 1 aliphatic heterocycles. The molecule has 0 bridgehead atoms. The highest BCUT2D eigenvalue weighted by Crippen LogP contribution is 2.39. The van der Waals surface area contributed by atoms with Crippen LogP contribution in [-0.4, -0.2) is 34.5 Å². The molecule has 152 valence electrons. The van der Waals surface area contributed by atoms with Crippen molar-refractivity contribution in [3.05, 3.63) is 53.3 Å². The number of nitrogens with zero attached hydrogens (tertiary/aromatic N) is 2. The van der Waals surface area contributed by atoms with Gasteiger partial charge in [0.2, 0.25) is 0 Å². The number of pyridine rings is 1. The van der Waals surface area contributed by atoms with Gasteiger partial charge in [-0.2, -0.15) is 0 Å². The Morgan fingerprint density at radius 1 is 1.07 bits per heavy atom. The number of aryl methyl sites for hydroxylation is 1. The fourth-order valence-corrected chi connectivity index (χ4v) is 5.13. The molecule has 0 spiro atoms. The molecule has 3 heteroatoms. The van der Waals surface area contributed by atoms with Gasteiger partial charge in [0, 0.05) is 34.9 Å². The van der Waals surface area contributed by atoms with Crippen LogP contribution >= 0.6 is 0 Å². The number of benzene rings is 1. The van der Waals surface area contributed by atoms with Gasteiger partial charge in [-0.15, -0.1) is 0 Å². The molecular weight excluding hydrogens is 354 g/mol. The van der Waals surface area contributed by atoms with Crippen LogP contribution in [0.5, 0.6) is 0 Å². The number of nitrogens with one attached hydrogen (secondary N) is 1. The number of aromatic amines is 1. The molecule has 1 aromatic carbocycles. The van der Waals surface area contributed by atoms with E-state index in [0.717, 1.165) is 11.6 Å². The first kappa shape index (κ1) is 18.9. The van der Waals surface area contributed by atoms with Crippen molar-refractivity contribution >= 4 is 10.9 Å². The molecule has 3 heterocycles. The second-order valence-corrected chi connectivity index (χ2v) is 9.58. The molecule has 0 unspecified atom stereocenters. The number of hydrogen-bond acceptors (Lipinski definition) is 2. The minimum Gasteiger partial charge on any atom is -0.354 e. The van der Waals surface area contributed by atoms with E-state index < -0.39 is 0 Å². The number of piperidine rings is 1. The van der Waals surface area contributed by atoms with E-state index >= 15 is 0 Å². The summed E-state index contributed by atoms with van der Waals surface area (Å²) < 4.78 is 0. The van der Waals surface area contributed by atoms with Crippen molar-refractivity contribution in [2.24, 2.45) is 5.92 Å². The molecular formula is C26H33N3. The van der Waals surface area contributed by atoms with Gasteiger partial charge >= 0.3 is 0 Å². The first-order valence-electron chi connectivity index (χ1n) is 11.4. The summed E-state index contributed by atoms with van der Waals surface area (Å²) in [5.41, 5.74) is 7.80. The monoisotopic (exact) mass is 387 g/mol. The molecule has 0 radical (unpaired) electrons. The van der Waals surface area contributed by atoms with Crippen LogP contribution in [-0.2, 0) is 0 Å². The molecule has 2 aliphatic rings. The molecule has 0 amide bonds. The van der Waals surface area contributed by atoms with E-state index in [1.807, 2.05) is 6.20 Å². The summed E-state index contributed by atoms with van der Waals surface area (Å²) in [7, 11) is 0. The van der Waals surface area contributed by atoms with Gasteiger partial charge in [0.25, 0.3) is 0 Å². The Balaban J connectivity index is 1.46. The maximum atomic E-state index is 4.38. The maximum absolute atomic E-state index is 4.38. The number of aromatic nitrogens is 2. The first-order chi connectivity index (χ1) is 14.1. The second kappa shape index (κ2) is 7.60. The number of fused-ring (bicyclic) bond motifs is 1. The maximum Gasteiger partial charge on any atom is 0.0501 e. The molecule has 1 saturated heterocycles. The zero-order valence-corrected chi connectivity index (χ0v) is 18.0. The molecule has 29 heavy (non-hydrogen) atoms. The molecule has 2 fully saturated rings. The summed E-state index contributed by atoms with van der Waals surface area (Å²) in [5.74, 6) is 2.19. The van der Waals surface area contributed by atoms with Gasteiger partial charge in [0.1, 0.15) is 0 Å². The minimum absolute atomic E-state index is 0.475. The average Bonchev–Trinajstić information content (AvgIpc) is 3.44. The molecule has 5 rings (SSSR count). The molecule has 0 atom stereocenters. The highest BCUT2D eigenvalue weighted by atomic mass is 15.1. The third-order valence-corrected chi connectivity index (χ3v) is 6.90. The van der Waals surface area contributed by atoms with Crippen molar-refractivity contribution in [2.75, 3.05) is 19.6 Å². The van der Waals surface area contributed by atoms with Crippen LogP contribution in [0.4, 0.5) is 0 Å². The summed E-state index contributed by atoms with van der Waals surface area (Å²) in [6, 6.07) is 11.5. The lowest BCUT2D eigenvalue weighted by Gasteiger charge is -2.32. The summed E-state index contributed by atoms with van der Waals surface area (Å²) in [6.07, 6.45) is 7.44. The summed E-state index contributed by atoms with van der Waals surface area (Å²) in [6.45, 7) is 10.6. The molecule has 2 aromatic heterocycles. The van der Waals surface area contributed by atoms with Gasteiger partial charge < -0.3 is 9.88 Å². The van der Waals surface area contributed by atoms with Crippen molar-refractivity contribution in [3.8, 4) is 11.3 Å². The minimum atomic E-state index is 0.475. The molecule has 3 nitrogen and oxygen atoms in total. The normalized spacial score (nSPS) is 18.8. The van der Waals surface area contributed by atoms with Gasteiger partial charge in [0.15, 0.2) is 0 Å². The van der Waals surface area contributed by atoms with E-state index in [1.54, 1.807) is 0 Å². The third kappa shape index (κ3) is 3.85. The van der Waals surface area contributed by atoms with Crippen molar-refractivity contribution in [1.29, 1.82) is 0 Å². The third-order valence-electron chi connectivity index (χ3n) is 6.90. The topological polar surface area (TPSA) is 31.9 Å². The molecule has 1 saturated carbocycles. The van der Waals surface area contributed by atoms with Gasteiger partial charge in [-0.3, -0.25) is 4.98 Å². The lowest BCUT2D eigenvalue weighted by Crippen LogP contribution is -2.34. The Morgan fingerprint density at radius 3 is 2.55 bits per heavy atom. The van der Waals surface area contributed by atoms with Crippen LogP contribution in [0.25, 0.3) is 22.2 Å². The van der Waals surface area contributed by atoms with Crippen molar-refractivity contribution < 1.29 is 0 Å². The standard InChI is InChI=1S/C26H33N3/c1-17(2)25-23-15-21(20-9-12-29(13-10-20)16-19-4-5-19)6-7-24(23)28-26(25)22-8-11-27-18(3)14-22/h6-8,11,14-15,17,19-20,28H,4-5,9-10,12-13,16H2,1-3H3. The van der Waals surface area contributed by atoms with E-state index in [1.165, 1.54) is 78.6 Å². The SMILES string of the molecule is Cc1cc(-c2[nH]c3ccc(C4CCN(CC5CC5)CC4)cc3c2C(C)C)ccn1. The van der Waals surface area contributed by atoms with E-state index in [9.17, 15) is 0 Å². The zero-order valence-electron chi connectivity index (χ0n) is 18.0. The smallest absolute Gasteiger partial charge is 0.0501 e. The Kier molecular flexibility index (Phi) is 4.95. The molecule has 1 aliphatic carbocycles. The van der Waals surface area contributed by atoms with Crippen LogP contribution in [0.1, 0.15) is 68.2 Å². The Labute approximate surface area is 174 Å². The van der Waals surface area contributed by atoms with Gasteiger partial charge in [0.05, 0.1) is 5.69 Å². The Morgan fingerprint density at radius 2 is 1.86 bits per heavy atom. The lowest BCUT2D eigenvalue weighted by atomic mass is 9.87. The average molecular weight is 388 g/mol. The van der Waals surface area contributed by atoms with Crippen LogP contribution in [0.15, 0.2) is 36.5 Å². The Hall–Kier alpha value is -2.13. The number of rotatable bonds is 5. The van der Waals surface area contributed by atoms with Crippen LogP contribution in [0.3, 0.4) is 0 Å². The summed E-state index contributed by atoms with van der Waals surface area (Å²) in [5, 5.41) is 1.40. The fraction of sp³-hybridized carbons (Fsp3) is 0.500. The van der Waals surface area contributed by atoms with Crippen LogP contribution < -0.4 is 0 Å². The summed E-state index contributed by atoms with van der Waals surface area (Å²) in [4.78, 5) is 10.8. The first-order valence-corrected chi connectivity index (χ1v) is 11.4. The highest BCUT2D eigenvalue weighted by molar-refractivity contribution is 5.92. The number of H-pyrrole nitrogens is 1. The van der Waals surface area contributed by atoms with Gasteiger partial charge in [-0.1, -0.05) is 19.9 Å². The van der Waals surface area contributed by atoms with E-state index in [4.69, 9.17) is 0 Å². The van der Waals surface area contributed by atoms with Gasteiger partial charge in [-0.25, -0.2) is 0 Å². The van der Waals surface area contributed by atoms with Crippen LogP contribution in [0, 0.1) is 12.8 Å². The predicted molar refractivity (Wildman–Crippen MR) is 121 cm³/mol. The summed E-state index contributed by atoms with van der Waals surface area (Å²) >= 11 is 0. The predicted octanol–water partition coefficient (Wildman–Crippen LogP) is 6.25. The second-order valence-electron chi connectivity index (χ2n) is 9.58. The van der Waals surface area contributed by atoms with E-state index in [2.05, 4.69) is 66.0 Å². The van der Waals surface area contributed by atoms with Crippen molar-refractivity contribution in [3.63, 3.8) is 0 Å². The van der Waals surface area contributed by atoms with Crippen LogP contribution in [0.2, 0.25) is 0 Å². The quantitative estimate of drug-likeness (QED) is 0.561. The van der Waals surface area contributed by atoms with Gasteiger partial charge in [-0.05, 0) is 98.8 Å². The molecule has 3 aromatic rings. The van der Waals surface area contributed by atoms with Crippen molar-refractivity contribution in [2.45, 2.75) is 58.3 Å². The largest absolute Gasteiger partial charge is 0.354 e. The lowest BCUT2D eigenvalue weighted by molar-refractivity contribution is 0.205.